The van der Waals surface area contributed by atoms with Crippen molar-refractivity contribution in [3.8, 4) is 0 Å². The van der Waals surface area contributed by atoms with Gasteiger partial charge in [-0.15, -0.1) is 11.8 Å². The monoisotopic (exact) mass is 314 g/mol. The molecule has 0 aliphatic rings. The molecular weight excluding hydrogens is 302 g/mol. The number of halogens is 3. The molecule has 20 heavy (non-hydrogen) atoms. The summed E-state index contributed by atoms with van der Waals surface area (Å²) in [6.45, 7) is 0. The van der Waals surface area contributed by atoms with Crippen LogP contribution in [0.5, 0.6) is 0 Å². The van der Waals surface area contributed by atoms with Crippen LogP contribution in [0.15, 0.2) is 47.4 Å². The first-order valence-electron chi connectivity index (χ1n) is 6.05. The molecule has 2 aromatic carbocycles. The van der Waals surface area contributed by atoms with Crippen molar-refractivity contribution >= 4 is 23.4 Å². The van der Waals surface area contributed by atoms with E-state index in [1.807, 2.05) is 0 Å². The van der Waals surface area contributed by atoms with Gasteiger partial charge in [-0.1, -0.05) is 23.7 Å². The third-order valence-corrected chi connectivity index (χ3v) is 4.19. The predicted octanol–water partition coefficient (Wildman–Crippen LogP) is 4.31. The Morgan fingerprint density at radius 1 is 1.10 bits per heavy atom. The number of hydrogen-bond acceptors (Lipinski definition) is 2. The number of aliphatic hydroxyl groups is 1. The maximum atomic E-state index is 13.7. The Balaban J connectivity index is 1.91. The number of hydrogen-bond donors (Lipinski definition) is 1. The van der Waals surface area contributed by atoms with Crippen molar-refractivity contribution in [2.75, 3.05) is 5.75 Å². The highest BCUT2D eigenvalue weighted by molar-refractivity contribution is 7.99. The van der Waals surface area contributed by atoms with Crippen molar-refractivity contribution < 1.29 is 13.9 Å². The Morgan fingerprint density at radius 3 is 2.50 bits per heavy atom. The molecule has 5 heteroatoms. The van der Waals surface area contributed by atoms with Crippen LogP contribution in [0.1, 0.15) is 5.56 Å². The Kier molecular flexibility index (Phi) is 5.40. The van der Waals surface area contributed by atoms with Gasteiger partial charge in [0.1, 0.15) is 11.6 Å². The standard InChI is InChI=1S/C15H13ClF2OS/c16-14-3-1-2-10(15(14)18)8-12(19)9-20-13-6-4-11(17)5-7-13/h1-7,12,19H,8-9H2. The lowest BCUT2D eigenvalue weighted by Crippen LogP contribution is -2.14. The van der Waals surface area contributed by atoms with Crippen molar-refractivity contribution in [3.05, 3.63) is 64.7 Å². The van der Waals surface area contributed by atoms with Gasteiger partial charge in [-0.2, -0.15) is 0 Å². The van der Waals surface area contributed by atoms with Gasteiger partial charge in [0.25, 0.3) is 0 Å². The zero-order valence-corrected chi connectivity index (χ0v) is 12.1. The van der Waals surface area contributed by atoms with E-state index >= 15 is 0 Å². The van der Waals surface area contributed by atoms with Gasteiger partial charge in [0.2, 0.25) is 0 Å². The second kappa shape index (κ2) is 7.07. The molecule has 106 valence electrons. The Bertz CT molecular complexity index is 575. The number of thioether (sulfide) groups is 1. The van der Waals surface area contributed by atoms with E-state index in [9.17, 15) is 13.9 Å². The molecule has 1 nitrogen and oxygen atoms in total. The summed E-state index contributed by atoms with van der Waals surface area (Å²) in [6, 6.07) is 10.8. The molecule has 0 aliphatic carbocycles. The second-order valence-corrected chi connectivity index (χ2v) is 5.84. The predicted molar refractivity (Wildman–Crippen MR) is 78.2 cm³/mol. The summed E-state index contributed by atoms with van der Waals surface area (Å²) in [5, 5.41) is 9.99. The van der Waals surface area contributed by atoms with Gasteiger partial charge >= 0.3 is 0 Å². The molecule has 0 fully saturated rings. The van der Waals surface area contributed by atoms with Crippen LogP contribution < -0.4 is 0 Å². The van der Waals surface area contributed by atoms with E-state index in [1.165, 1.54) is 30.0 Å². The Labute approximate surface area is 125 Å². The van der Waals surface area contributed by atoms with Crippen LogP contribution in [0.4, 0.5) is 8.78 Å². The molecule has 0 aliphatic heterocycles. The molecule has 0 saturated heterocycles. The second-order valence-electron chi connectivity index (χ2n) is 4.34. The minimum Gasteiger partial charge on any atom is -0.392 e. The number of benzene rings is 2. The van der Waals surface area contributed by atoms with Crippen LogP contribution in [0.3, 0.4) is 0 Å². The van der Waals surface area contributed by atoms with Crippen LogP contribution >= 0.6 is 23.4 Å². The summed E-state index contributed by atoms with van der Waals surface area (Å²) >= 11 is 7.08. The molecule has 0 heterocycles. The zero-order valence-electron chi connectivity index (χ0n) is 10.5. The molecule has 0 aromatic heterocycles. The van der Waals surface area contributed by atoms with Crippen LogP contribution in [0.2, 0.25) is 5.02 Å². The quantitative estimate of drug-likeness (QED) is 0.830. The lowest BCUT2D eigenvalue weighted by Gasteiger charge is -2.11. The van der Waals surface area contributed by atoms with E-state index < -0.39 is 11.9 Å². The normalized spacial score (nSPS) is 12.4. The highest BCUT2D eigenvalue weighted by Gasteiger charge is 2.12. The fraction of sp³-hybridized carbons (Fsp3) is 0.200. The largest absolute Gasteiger partial charge is 0.392 e. The zero-order chi connectivity index (χ0) is 14.5. The maximum Gasteiger partial charge on any atom is 0.145 e. The van der Waals surface area contributed by atoms with Gasteiger partial charge in [-0.05, 0) is 35.9 Å². The molecular formula is C15H13ClF2OS. The highest BCUT2D eigenvalue weighted by atomic mass is 35.5. The average Bonchev–Trinajstić information content (AvgIpc) is 2.43. The van der Waals surface area contributed by atoms with Gasteiger partial charge < -0.3 is 5.11 Å². The van der Waals surface area contributed by atoms with E-state index in [0.29, 0.717) is 11.3 Å². The van der Waals surface area contributed by atoms with E-state index in [0.717, 1.165) is 4.90 Å². The number of rotatable bonds is 5. The summed E-state index contributed by atoms with van der Waals surface area (Å²) < 4.78 is 26.4. The van der Waals surface area contributed by atoms with Crippen LogP contribution in [0.25, 0.3) is 0 Å². The molecule has 1 unspecified atom stereocenters. The van der Waals surface area contributed by atoms with E-state index in [1.54, 1.807) is 24.3 Å². The van der Waals surface area contributed by atoms with Gasteiger partial charge in [0.05, 0.1) is 11.1 Å². The van der Waals surface area contributed by atoms with Crippen molar-refractivity contribution in [3.63, 3.8) is 0 Å². The van der Waals surface area contributed by atoms with E-state index in [2.05, 4.69) is 0 Å². The molecule has 0 saturated carbocycles. The van der Waals surface area contributed by atoms with Crippen molar-refractivity contribution in [1.29, 1.82) is 0 Å². The van der Waals surface area contributed by atoms with E-state index in [4.69, 9.17) is 11.6 Å². The fourth-order valence-corrected chi connectivity index (χ4v) is 2.77. The van der Waals surface area contributed by atoms with Gasteiger partial charge in [0.15, 0.2) is 0 Å². The molecule has 0 amide bonds. The van der Waals surface area contributed by atoms with E-state index in [-0.39, 0.29) is 17.3 Å². The molecule has 2 rings (SSSR count). The molecule has 0 spiro atoms. The molecule has 1 atom stereocenters. The number of aliphatic hydroxyl groups excluding tert-OH is 1. The first-order valence-corrected chi connectivity index (χ1v) is 7.42. The maximum absolute atomic E-state index is 13.7. The fourth-order valence-electron chi connectivity index (χ4n) is 1.74. The smallest absolute Gasteiger partial charge is 0.145 e. The van der Waals surface area contributed by atoms with Gasteiger partial charge in [-0.25, -0.2) is 8.78 Å². The summed E-state index contributed by atoms with van der Waals surface area (Å²) in [6.07, 6.45) is -0.501. The third kappa shape index (κ3) is 4.20. The lowest BCUT2D eigenvalue weighted by molar-refractivity contribution is 0.199. The van der Waals surface area contributed by atoms with Crippen molar-refractivity contribution in [1.82, 2.24) is 0 Å². The minimum absolute atomic E-state index is 0.0564. The summed E-state index contributed by atoms with van der Waals surface area (Å²) in [7, 11) is 0. The lowest BCUT2D eigenvalue weighted by atomic mass is 10.1. The van der Waals surface area contributed by atoms with Crippen molar-refractivity contribution in [2.45, 2.75) is 17.4 Å². The topological polar surface area (TPSA) is 20.2 Å². The van der Waals surface area contributed by atoms with Gasteiger partial charge in [-0.3, -0.25) is 0 Å². The summed E-state index contributed by atoms with van der Waals surface area (Å²) in [5.74, 6) is -0.381. The van der Waals surface area contributed by atoms with Crippen LogP contribution in [-0.2, 0) is 6.42 Å². The first-order chi connectivity index (χ1) is 9.56. The molecule has 1 N–H and O–H groups in total. The third-order valence-electron chi connectivity index (χ3n) is 2.74. The SMILES string of the molecule is OC(CSc1ccc(F)cc1)Cc1cccc(Cl)c1F. The summed E-state index contributed by atoms with van der Waals surface area (Å²) in [5.41, 5.74) is 0.393. The molecule has 2 aromatic rings. The average molecular weight is 315 g/mol. The van der Waals surface area contributed by atoms with Crippen LogP contribution in [-0.4, -0.2) is 17.0 Å². The van der Waals surface area contributed by atoms with Crippen molar-refractivity contribution in [2.24, 2.45) is 0 Å². The Morgan fingerprint density at radius 2 is 1.80 bits per heavy atom. The Hall–Kier alpha value is -1.10. The van der Waals surface area contributed by atoms with Gasteiger partial charge in [0, 0.05) is 17.1 Å². The van der Waals surface area contributed by atoms with Crippen LogP contribution in [0, 0.1) is 11.6 Å². The minimum atomic E-state index is -0.696. The molecule has 0 bridgehead atoms. The highest BCUT2D eigenvalue weighted by Crippen LogP contribution is 2.22. The summed E-state index contributed by atoms with van der Waals surface area (Å²) in [4.78, 5) is 0.858. The molecule has 0 radical (unpaired) electrons. The first kappa shape index (κ1) is 15.3.